The molecule has 4 aliphatic rings. The van der Waals surface area contributed by atoms with E-state index in [1.807, 2.05) is 6.07 Å². The minimum Gasteiger partial charge on any atom is -0.359 e. The first-order chi connectivity index (χ1) is 16.9. The van der Waals surface area contributed by atoms with Crippen molar-refractivity contribution in [3.05, 3.63) is 30.3 Å². The van der Waals surface area contributed by atoms with Gasteiger partial charge < -0.3 is 5.32 Å². The minimum absolute atomic E-state index is 0.00746. The van der Waals surface area contributed by atoms with Gasteiger partial charge in [-0.15, -0.1) is 0 Å². The molecular formula is C27H42N4O3S. The fraction of sp³-hybridized carbons (Fsp3) is 0.741. The average molecular weight is 503 g/mol. The Morgan fingerprint density at radius 3 is 2.23 bits per heavy atom. The van der Waals surface area contributed by atoms with Crippen LogP contribution in [-0.2, 0) is 14.8 Å². The molecule has 0 aromatic heterocycles. The van der Waals surface area contributed by atoms with Crippen molar-refractivity contribution < 1.29 is 13.2 Å². The van der Waals surface area contributed by atoms with E-state index in [4.69, 9.17) is 0 Å². The van der Waals surface area contributed by atoms with Gasteiger partial charge in [0.05, 0.1) is 10.8 Å². The Balaban J connectivity index is 1.26. The number of rotatable bonds is 4. The molecule has 3 unspecified atom stereocenters. The van der Waals surface area contributed by atoms with Crippen molar-refractivity contribution in [2.75, 3.05) is 26.7 Å². The normalized spacial score (nSPS) is 30.9. The summed E-state index contributed by atoms with van der Waals surface area (Å²) in [6, 6.07) is 9.04. The molecule has 1 aromatic carbocycles. The van der Waals surface area contributed by atoms with Crippen LogP contribution in [0.1, 0.15) is 70.6 Å². The summed E-state index contributed by atoms with van der Waals surface area (Å²) >= 11 is 0. The second kappa shape index (κ2) is 10.5. The van der Waals surface area contributed by atoms with Crippen molar-refractivity contribution in [2.45, 2.75) is 87.1 Å². The first kappa shape index (κ1) is 25.2. The van der Waals surface area contributed by atoms with Crippen LogP contribution in [0.2, 0.25) is 0 Å². The van der Waals surface area contributed by atoms with Crippen LogP contribution < -0.4 is 10.7 Å². The molecule has 1 aliphatic carbocycles. The first-order valence-electron chi connectivity index (χ1n) is 13.8. The Hall–Kier alpha value is -1.48. The average Bonchev–Trinajstić information content (AvgIpc) is 3.20. The van der Waals surface area contributed by atoms with E-state index in [1.165, 1.54) is 32.1 Å². The van der Waals surface area contributed by atoms with E-state index in [0.717, 1.165) is 45.1 Å². The van der Waals surface area contributed by atoms with E-state index in [0.29, 0.717) is 29.8 Å². The summed E-state index contributed by atoms with van der Waals surface area (Å²) in [6.45, 7) is 2.16. The number of fused-ring (bicyclic) bond motifs is 1. The van der Waals surface area contributed by atoms with Gasteiger partial charge in [0.15, 0.2) is 0 Å². The van der Waals surface area contributed by atoms with Gasteiger partial charge in [-0.05, 0) is 62.5 Å². The molecule has 2 N–H and O–H groups in total. The van der Waals surface area contributed by atoms with Crippen LogP contribution in [-0.4, -0.2) is 61.9 Å². The van der Waals surface area contributed by atoms with E-state index >= 15 is 0 Å². The van der Waals surface area contributed by atoms with Crippen LogP contribution in [0.4, 0.5) is 0 Å². The fourth-order valence-electron chi connectivity index (χ4n) is 7.50. The Morgan fingerprint density at radius 1 is 0.943 bits per heavy atom. The smallest absolute Gasteiger partial charge is 0.243 e. The first-order valence-corrected chi connectivity index (χ1v) is 15.2. The molecule has 8 heteroatoms. The molecular weight excluding hydrogens is 460 g/mol. The molecule has 0 radical (unpaired) electrons. The maximum Gasteiger partial charge on any atom is 0.243 e. The highest BCUT2D eigenvalue weighted by Crippen LogP contribution is 2.46. The van der Waals surface area contributed by atoms with Gasteiger partial charge in [0.1, 0.15) is 0 Å². The van der Waals surface area contributed by atoms with Crippen LogP contribution in [0, 0.1) is 17.8 Å². The van der Waals surface area contributed by atoms with Crippen molar-refractivity contribution in [3.63, 3.8) is 0 Å². The lowest BCUT2D eigenvalue weighted by Crippen LogP contribution is -2.52. The van der Waals surface area contributed by atoms with Gasteiger partial charge >= 0.3 is 0 Å². The van der Waals surface area contributed by atoms with Crippen LogP contribution in [0.15, 0.2) is 35.2 Å². The minimum atomic E-state index is -3.42. The zero-order valence-electron chi connectivity index (χ0n) is 21.1. The van der Waals surface area contributed by atoms with Crippen molar-refractivity contribution in [1.82, 2.24) is 20.1 Å². The third-order valence-corrected chi connectivity index (χ3v) is 11.3. The zero-order chi connectivity index (χ0) is 24.5. The number of hydrazine groups is 1. The number of piperidine rings is 2. The molecule has 1 amide bonds. The number of nitrogens with zero attached hydrogens (tertiary/aromatic N) is 2. The molecule has 194 valence electrons. The quantitative estimate of drug-likeness (QED) is 0.658. The van der Waals surface area contributed by atoms with E-state index in [-0.39, 0.29) is 23.4 Å². The highest BCUT2D eigenvalue weighted by atomic mass is 32.2. The second-order valence-electron chi connectivity index (χ2n) is 11.2. The van der Waals surface area contributed by atoms with Gasteiger partial charge in [0.2, 0.25) is 15.9 Å². The van der Waals surface area contributed by atoms with Gasteiger partial charge in [0.25, 0.3) is 0 Å². The molecule has 3 atom stereocenters. The standard InChI is InChI=1S/C27H42N4O3S/c1-28-26(32)25-24-20-22(14-19-31(24)29-27(25)15-8-3-2-4-9-16-27)21-12-17-30(18-13-21)35(33,34)23-10-6-5-7-11-23/h5-7,10-11,21-22,24-25,29H,2-4,8-9,12-20H2,1H3,(H,28,32). The molecule has 5 rings (SSSR count). The molecule has 1 aromatic rings. The molecule has 3 aliphatic heterocycles. The van der Waals surface area contributed by atoms with Crippen molar-refractivity contribution >= 4 is 15.9 Å². The molecule has 3 saturated heterocycles. The molecule has 35 heavy (non-hydrogen) atoms. The van der Waals surface area contributed by atoms with E-state index in [9.17, 15) is 13.2 Å². The summed E-state index contributed by atoms with van der Waals surface area (Å²) in [4.78, 5) is 13.7. The Labute approximate surface area is 211 Å². The predicted molar refractivity (Wildman–Crippen MR) is 137 cm³/mol. The molecule has 4 fully saturated rings. The third kappa shape index (κ3) is 4.91. The number of nitrogens with one attached hydrogen (secondary N) is 2. The lowest BCUT2D eigenvalue weighted by Gasteiger charge is -2.42. The predicted octanol–water partition coefficient (Wildman–Crippen LogP) is 3.53. The number of amides is 1. The number of sulfonamides is 1. The molecule has 3 heterocycles. The monoisotopic (exact) mass is 502 g/mol. The van der Waals surface area contributed by atoms with Crippen LogP contribution >= 0.6 is 0 Å². The maximum atomic E-state index is 13.3. The number of hydrogen-bond donors (Lipinski definition) is 2. The molecule has 1 spiro atoms. The molecule has 1 saturated carbocycles. The van der Waals surface area contributed by atoms with Crippen LogP contribution in [0.25, 0.3) is 0 Å². The fourth-order valence-corrected chi connectivity index (χ4v) is 8.99. The van der Waals surface area contributed by atoms with Gasteiger partial charge in [-0.1, -0.05) is 50.3 Å². The Bertz CT molecular complexity index is 969. The molecule has 7 nitrogen and oxygen atoms in total. The highest BCUT2D eigenvalue weighted by Gasteiger charge is 2.56. The van der Waals surface area contributed by atoms with Crippen LogP contribution in [0.3, 0.4) is 0 Å². The van der Waals surface area contributed by atoms with Crippen molar-refractivity contribution in [3.8, 4) is 0 Å². The summed E-state index contributed by atoms with van der Waals surface area (Å²) in [5.74, 6) is 1.26. The van der Waals surface area contributed by atoms with E-state index in [1.54, 1.807) is 35.6 Å². The topological polar surface area (TPSA) is 81.8 Å². The Kier molecular flexibility index (Phi) is 7.54. The lowest BCUT2D eigenvalue weighted by atomic mass is 9.69. The Morgan fingerprint density at radius 2 is 1.57 bits per heavy atom. The van der Waals surface area contributed by atoms with Gasteiger partial charge in [-0.2, -0.15) is 4.31 Å². The summed E-state index contributed by atoms with van der Waals surface area (Å²) < 4.78 is 27.8. The lowest BCUT2D eigenvalue weighted by molar-refractivity contribution is -0.127. The van der Waals surface area contributed by atoms with E-state index in [2.05, 4.69) is 15.8 Å². The summed E-state index contributed by atoms with van der Waals surface area (Å²) in [7, 11) is -1.63. The zero-order valence-corrected chi connectivity index (χ0v) is 21.9. The number of benzene rings is 1. The van der Waals surface area contributed by atoms with Gasteiger partial charge in [0, 0.05) is 38.3 Å². The maximum absolute atomic E-state index is 13.3. The largest absolute Gasteiger partial charge is 0.359 e. The summed E-state index contributed by atoms with van der Waals surface area (Å²) in [5, 5.41) is 5.41. The number of carbonyl (C=O) groups excluding carboxylic acids is 1. The number of carbonyl (C=O) groups is 1. The van der Waals surface area contributed by atoms with Crippen molar-refractivity contribution in [2.24, 2.45) is 17.8 Å². The highest BCUT2D eigenvalue weighted by molar-refractivity contribution is 7.89. The summed E-state index contributed by atoms with van der Waals surface area (Å²) in [5.41, 5.74) is 3.79. The second-order valence-corrected chi connectivity index (χ2v) is 13.2. The van der Waals surface area contributed by atoms with Gasteiger partial charge in [-0.25, -0.2) is 18.9 Å². The molecule has 0 bridgehead atoms. The summed E-state index contributed by atoms with van der Waals surface area (Å²) in [6.07, 6.45) is 12.4. The van der Waals surface area contributed by atoms with Crippen LogP contribution in [0.5, 0.6) is 0 Å². The van der Waals surface area contributed by atoms with Gasteiger partial charge in [-0.3, -0.25) is 4.79 Å². The number of hydrogen-bond acceptors (Lipinski definition) is 5. The third-order valence-electron chi connectivity index (χ3n) is 9.35. The SMILES string of the molecule is CNC(=O)C1C2CC(C3CCN(S(=O)(=O)c4ccccc4)CC3)CCN2NC12CCCCCCC2. The van der Waals surface area contributed by atoms with E-state index < -0.39 is 10.0 Å². The van der Waals surface area contributed by atoms with Crippen molar-refractivity contribution in [1.29, 1.82) is 0 Å².